The molecule has 1 fully saturated rings. The number of halogens is 2. The first-order valence-corrected chi connectivity index (χ1v) is 7.86. The van der Waals surface area contributed by atoms with Gasteiger partial charge in [0.2, 0.25) is 5.91 Å². The molecule has 1 aromatic carbocycles. The largest absolute Gasteiger partial charge is 0.303 e. The van der Waals surface area contributed by atoms with E-state index in [1.807, 2.05) is 18.3 Å². The first-order valence-electron chi connectivity index (χ1n) is 7.07. The van der Waals surface area contributed by atoms with Crippen LogP contribution in [0.2, 0.25) is 0 Å². The number of rotatable bonds is 2. The number of aromatic nitrogens is 1. The summed E-state index contributed by atoms with van der Waals surface area (Å²) in [6, 6.07) is 6.73. The van der Waals surface area contributed by atoms with Gasteiger partial charge in [-0.1, -0.05) is 15.9 Å². The maximum absolute atomic E-state index is 11.8. The smallest absolute Gasteiger partial charge is 0.227 e. The van der Waals surface area contributed by atoms with Crippen LogP contribution in [0.25, 0.3) is 10.9 Å². The highest BCUT2D eigenvalue weighted by Crippen LogP contribution is 2.28. The number of carbonyl (C=O) groups excluding carboxylic acids is 1. The van der Waals surface area contributed by atoms with Crippen LogP contribution in [0.15, 0.2) is 28.9 Å². The van der Waals surface area contributed by atoms with Crippen molar-refractivity contribution in [3.05, 3.63) is 34.4 Å². The molecular formula is C16H20BrClN2O. The molecule has 1 aliphatic heterocycles. The zero-order chi connectivity index (χ0) is 14.3. The fraction of sp³-hybridized carbons (Fsp3) is 0.438. The van der Waals surface area contributed by atoms with Gasteiger partial charge in [-0.25, -0.2) is 0 Å². The van der Waals surface area contributed by atoms with Crippen LogP contribution >= 0.6 is 28.3 Å². The zero-order valence-electron chi connectivity index (χ0n) is 12.3. The molecule has 1 aromatic heterocycles. The lowest BCUT2D eigenvalue weighted by atomic mass is 10.0. The summed E-state index contributed by atoms with van der Waals surface area (Å²) in [7, 11) is 2.19. The van der Waals surface area contributed by atoms with Crippen molar-refractivity contribution in [2.45, 2.75) is 32.2 Å². The number of hydrogen-bond acceptors (Lipinski definition) is 2. The molecule has 0 aliphatic carbocycles. The summed E-state index contributed by atoms with van der Waals surface area (Å²) in [4.78, 5) is 14.2. The van der Waals surface area contributed by atoms with E-state index in [2.05, 4.69) is 33.9 Å². The van der Waals surface area contributed by atoms with Gasteiger partial charge in [-0.15, -0.1) is 12.4 Å². The van der Waals surface area contributed by atoms with Gasteiger partial charge in [0.25, 0.3) is 0 Å². The number of likely N-dealkylation sites (tertiary alicyclic amines) is 1. The van der Waals surface area contributed by atoms with Gasteiger partial charge in [0, 0.05) is 29.0 Å². The van der Waals surface area contributed by atoms with E-state index in [9.17, 15) is 4.79 Å². The van der Waals surface area contributed by atoms with E-state index in [-0.39, 0.29) is 18.3 Å². The zero-order valence-corrected chi connectivity index (χ0v) is 14.7. The van der Waals surface area contributed by atoms with Gasteiger partial charge in [-0.05, 0) is 56.6 Å². The average molecular weight is 372 g/mol. The van der Waals surface area contributed by atoms with Gasteiger partial charge in [-0.2, -0.15) is 0 Å². The maximum Gasteiger partial charge on any atom is 0.227 e. The minimum absolute atomic E-state index is 0. The van der Waals surface area contributed by atoms with Crippen molar-refractivity contribution in [3.8, 4) is 0 Å². The molecule has 0 spiro atoms. The van der Waals surface area contributed by atoms with Gasteiger partial charge in [0.1, 0.15) is 0 Å². The number of likely N-dealkylation sites (N-methyl/N-ethyl adjacent to an activating group) is 1. The quantitative estimate of drug-likeness (QED) is 0.793. The van der Waals surface area contributed by atoms with Crippen molar-refractivity contribution >= 4 is 45.1 Å². The molecule has 1 saturated heterocycles. The Labute approximate surface area is 139 Å². The lowest BCUT2D eigenvalue weighted by molar-refractivity contribution is 0.0941. The predicted octanol–water partition coefficient (Wildman–Crippen LogP) is 4.12. The minimum atomic E-state index is 0. The number of carbonyl (C=O) groups is 1. The molecule has 0 amide bonds. The molecule has 21 heavy (non-hydrogen) atoms. The third-order valence-electron chi connectivity index (χ3n) is 4.32. The molecule has 1 aliphatic rings. The topological polar surface area (TPSA) is 25.2 Å². The summed E-state index contributed by atoms with van der Waals surface area (Å²) in [6.45, 7) is 2.80. The number of nitrogens with zero attached hydrogens (tertiary/aromatic N) is 2. The Morgan fingerprint density at radius 2 is 2.19 bits per heavy atom. The standard InChI is InChI=1S/C16H19BrN2O.ClH/c1-11(20)19-10-12(8-14-4-3-7-18(14)2)15-9-13(17)5-6-16(15)19;/h5-6,9-10,14H,3-4,7-8H2,1-2H3;1H. The maximum atomic E-state index is 11.8. The molecule has 2 aromatic rings. The summed E-state index contributed by atoms with van der Waals surface area (Å²) in [5.74, 6) is 0.0725. The molecule has 1 atom stereocenters. The van der Waals surface area contributed by atoms with Crippen LogP contribution in [0.1, 0.15) is 30.1 Å². The van der Waals surface area contributed by atoms with Crippen LogP contribution in [0, 0.1) is 0 Å². The molecule has 3 nitrogen and oxygen atoms in total. The van der Waals surface area contributed by atoms with Crippen LogP contribution in [-0.4, -0.2) is 35.0 Å². The van der Waals surface area contributed by atoms with E-state index < -0.39 is 0 Å². The van der Waals surface area contributed by atoms with Crippen molar-refractivity contribution in [2.24, 2.45) is 0 Å². The second-order valence-corrected chi connectivity index (χ2v) is 6.60. The van der Waals surface area contributed by atoms with E-state index >= 15 is 0 Å². The molecule has 114 valence electrons. The fourth-order valence-corrected chi connectivity index (χ4v) is 3.55. The van der Waals surface area contributed by atoms with Crippen molar-refractivity contribution in [3.63, 3.8) is 0 Å². The molecular weight excluding hydrogens is 352 g/mol. The van der Waals surface area contributed by atoms with Gasteiger partial charge in [-0.3, -0.25) is 9.36 Å². The second-order valence-electron chi connectivity index (χ2n) is 5.69. The Kier molecular flexibility index (Phi) is 5.12. The molecule has 0 N–H and O–H groups in total. The highest BCUT2D eigenvalue weighted by molar-refractivity contribution is 9.10. The fourth-order valence-electron chi connectivity index (χ4n) is 3.18. The lowest BCUT2D eigenvalue weighted by Crippen LogP contribution is -2.26. The molecule has 1 unspecified atom stereocenters. The Balaban J connectivity index is 0.00000161. The molecule has 0 bridgehead atoms. The molecule has 5 heteroatoms. The van der Waals surface area contributed by atoms with E-state index in [0.717, 1.165) is 16.4 Å². The molecule has 0 saturated carbocycles. The normalized spacial score (nSPS) is 18.9. The van der Waals surface area contributed by atoms with Crippen LogP contribution in [-0.2, 0) is 6.42 Å². The first-order chi connectivity index (χ1) is 9.56. The van der Waals surface area contributed by atoms with Gasteiger partial charge >= 0.3 is 0 Å². The monoisotopic (exact) mass is 370 g/mol. The van der Waals surface area contributed by atoms with Crippen molar-refractivity contribution in [1.82, 2.24) is 9.47 Å². The van der Waals surface area contributed by atoms with E-state index in [1.54, 1.807) is 11.5 Å². The SMILES string of the molecule is CC(=O)n1cc(CC2CCCN2C)c2cc(Br)ccc21.Cl. The molecule has 3 rings (SSSR count). The number of fused-ring (bicyclic) bond motifs is 1. The number of hydrogen-bond donors (Lipinski definition) is 0. The van der Waals surface area contributed by atoms with Crippen molar-refractivity contribution < 1.29 is 4.79 Å². The summed E-state index contributed by atoms with van der Waals surface area (Å²) in [5.41, 5.74) is 2.28. The van der Waals surface area contributed by atoms with E-state index in [1.165, 1.54) is 30.3 Å². The van der Waals surface area contributed by atoms with Crippen LogP contribution in [0.5, 0.6) is 0 Å². The van der Waals surface area contributed by atoms with Gasteiger partial charge in [0.05, 0.1) is 5.52 Å². The Morgan fingerprint density at radius 1 is 1.43 bits per heavy atom. The molecule has 0 radical (unpaired) electrons. The Hall–Kier alpha value is -0.840. The van der Waals surface area contributed by atoms with Crippen molar-refractivity contribution in [2.75, 3.05) is 13.6 Å². The lowest BCUT2D eigenvalue weighted by Gasteiger charge is -2.18. The van der Waals surface area contributed by atoms with E-state index in [4.69, 9.17) is 0 Å². The second kappa shape index (κ2) is 6.51. The summed E-state index contributed by atoms with van der Waals surface area (Å²) in [5, 5.41) is 1.19. The van der Waals surface area contributed by atoms with Crippen molar-refractivity contribution in [1.29, 1.82) is 0 Å². The van der Waals surface area contributed by atoms with Crippen LogP contribution in [0.3, 0.4) is 0 Å². The third kappa shape index (κ3) is 3.17. The third-order valence-corrected chi connectivity index (χ3v) is 4.81. The molecule has 2 heterocycles. The highest BCUT2D eigenvalue weighted by Gasteiger charge is 2.23. The summed E-state index contributed by atoms with van der Waals surface area (Å²) in [6.07, 6.45) is 5.56. The first kappa shape index (κ1) is 16.5. The van der Waals surface area contributed by atoms with Crippen LogP contribution in [0.4, 0.5) is 0 Å². The Morgan fingerprint density at radius 3 is 2.81 bits per heavy atom. The summed E-state index contributed by atoms with van der Waals surface area (Å²) >= 11 is 3.53. The van der Waals surface area contributed by atoms with Gasteiger partial charge < -0.3 is 4.90 Å². The van der Waals surface area contributed by atoms with E-state index in [0.29, 0.717) is 6.04 Å². The predicted molar refractivity (Wildman–Crippen MR) is 92.5 cm³/mol. The summed E-state index contributed by atoms with van der Waals surface area (Å²) < 4.78 is 2.83. The van der Waals surface area contributed by atoms with Crippen LogP contribution < -0.4 is 0 Å². The number of benzene rings is 1. The highest BCUT2D eigenvalue weighted by atomic mass is 79.9. The Bertz CT molecular complexity index is 668. The van der Waals surface area contributed by atoms with Gasteiger partial charge in [0.15, 0.2) is 0 Å². The average Bonchev–Trinajstić information content (AvgIpc) is 2.95. The minimum Gasteiger partial charge on any atom is -0.303 e.